The molecule has 0 spiro atoms. The lowest BCUT2D eigenvalue weighted by Crippen LogP contribution is -2.45. The number of piperidine rings is 1. The van der Waals surface area contributed by atoms with Gasteiger partial charge in [-0.25, -0.2) is 8.78 Å². The normalized spacial score (nSPS) is 18.6. The second kappa shape index (κ2) is 6.13. The number of carbonyl (C=O) groups excluding carboxylic acids is 1. The monoisotopic (exact) mass is 300 g/mol. The smallest absolute Gasteiger partial charge is 0.285 e. The van der Waals surface area contributed by atoms with E-state index in [0.717, 1.165) is 6.42 Å². The molecule has 0 bridgehead atoms. The molecule has 0 aromatic heterocycles. The van der Waals surface area contributed by atoms with Crippen LogP contribution in [0.25, 0.3) is 0 Å². The van der Waals surface area contributed by atoms with Crippen molar-refractivity contribution in [3.05, 3.63) is 39.4 Å². The summed E-state index contributed by atoms with van der Waals surface area (Å²) >= 11 is 0. The van der Waals surface area contributed by atoms with Gasteiger partial charge in [0, 0.05) is 6.54 Å². The highest BCUT2D eigenvalue weighted by molar-refractivity contribution is 5.98. The highest BCUT2D eigenvalue weighted by atomic mass is 19.2. The molecule has 1 atom stereocenters. The third kappa shape index (κ3) is 2.99. The third-order valence-corrected chi connectivity index (χ3v) is 3.56. The fraction of sp³-hybridized carbons (Fsp3) is 0.462. The number of aliphatic hydroxyl groups excluding tert-OH is 1. The number of amides is 1. The first kappa shape index (κ1) is 15.3. The van der Waals surface area contributed by atoms with Crippen LogP contribution in [0, 0.1) is 21.7 Å². The summed E-state index contributed by atoms with van der Waals surface area (Å²) in [5.41, 5.74) is -1.28. The van der Waals surface area contributed by atoms with E-state index < -0.39 is 39.8 Å². The average molecular weight is 300 g/mol. The van der Waals surface area contributed by atoms with E-state index in [1.165, 1.54) is 4.90 Å². The Bertz CT molecular complexity index is 580. The van der Waals surface area contributed by atoms with Gasteiger partial charge in [-0.1, -0.05) is 0 Å². The zero-order valence-corrected chi connectivity index (χ0v) is 11.1. The van der Waals surface area contributed by atoms with Crippen molar-refractivity contribution < 1.29 is 23.6 Å². The minimum Gasteiger partial charge on any atom is -0.394 e. The van der Waals surface area contributed by atoms with Gasteiger partial charge in [0.1, 0.15) is 5.56 Å². The summed E-state index contributed by atoms with van der Waals surface area (Å²) in [5, 5.41) is 20.2. The number of halogens is 2. The molecule has 1 aromatic carbocycles. The molecule has 1 aromatic rings. The van der Waals surface area contributed by atoms with E-state index in [9.17, 15) is 28.8 Å². The molecule has 21 heavy (non-hydrogen) atoms. The van der Waals surface area contributed by atoms with Crippen LogP contribution in [0.5, 0.6) is 0 Å². The number of aliphatic hydroxyl groups is 1. The van der Waals surface area contributed by atoms with Gasteiger partial charge in [0.25, 0.3) is 11.6 Å². The van der Waals surface area contributed by atoms with Gasteiger partial charge in [0.05, 0.1) is 23.6 Å². The Labute approximate surface area is 119 Å². The fourth-order valence-electron chi connectivity index (χ4n) is 2.47. The zero-order valence-electron chi connectivity index (χ0n) is 11.1. The lowest BCUT2D eigenvalue weighted by Gasteiger charge is -2.34. The van der Waals surface area contributed by atoms with Gasteiger partial charge < -0.3 is 10.0 Å². The molecule has 1 unspecified atom stereocenters. The van der Waals surface area contributed by atoms with Crippen molar-refractivity contribution >= 4 is 11.6 Å². The van der Waals surface area contributed by atoms with E-state index in [0.29, 0.717) is 31.5 Å². The molecule has 8 heteroatoms. The average Bonchev–Trinajstić information content (AvgIpc) is 2.48. The molecule has 0 radical (unpaired) electrons. The van der Waals surface area contributed by atoms with Crippen molar-refractivity contribution in [2.45, 2.75) is 25.3 Å². The second-order valence-electron chi connectivity index (χ2n) is 4.87. The molecule has 1 aliphatic heterocycles. The molecular formula is C13H14F2N2O4. The lowest BCUT2D eigenvalue weighted by atomic mass is 10.0. The van der Waals surface area contributed by atoms with Gasteiger partial charge in [-0.3, -0.25) is 14.9 Å². The Morgan fingerprint density at radius 1 is 1.38 bits per heavy atom. The van der Waals surface area contributed by atoms with Gasteiger partial charge in [-0.2, -0.15) is 0 Å². The molecule has 1 amide bonds. The van der Waals surface area contributed by atoms with Crippen molar-refractivity contribution in [3.8, 4) is 0 Å². The summed E-state index contributed by atoms with van der Waals surface area (Å²) in [4.78, 5) is 23.7. The van der Waals surface area contributed by atoms with Crippen LogP contribution in [-0.2, 0) is 0 Å². The van der Waals surface area contributed by atoms with Crippen LogP contribution in [0.2, 0.25) is 0 Å². The molecular weight excluding hydrogens is 286 g/mol. The van der Waals surface area contributed by atoms with E-state index in [2.05, 4.69) is 0 Å². The van der Waals surface area contributed by atoms with Gasteiger partial charge in [-0.05, 0) is 25.3 Å². The van der Waals surface area contributed by atoms with Gasteiger partial charge in [-0.15, -0.1) is 0 Å². The SMILES string of the molecule is O=C(c1cc(F)c(F)cc1[N+](=O)[O-])N1CCCCC1CO. The summed E-state index contributed by atoms with van der Waals surface area (Å²) < 4.78 is 26.4. The van der Waals surface area contributed by atoms with E-state index in [-0.39, 0.29) is 6.61 Å². The van der Waals surface area contributed by atoms with Crippen LogP contribution in [0.3, 0.4) is 0 Å². The van der Waals surface area contributed by atoms with Crippen molar-refractivity contribution in [3.63, 3.8) is 0 Å². The first-order chi connectivity index (χ1) is 9.95. The predicted octanol–water partition coefficient (Wildman–Crippen LogP) is 1.86. The third-order valence-electron chi connectivity index (χ3n) is 3.56. The Morgan fingerprint density at radius 2 is 2.05 bits per heavy atom. The minimum atomic E-state index is -1.38. The van der Waals surface area contributed by atoms with Crippen molar-refractivity contribution in [1.82, 2.24) is 4.90 Å². The first-order valence-electron chi connectivity index (χ1n) is 6.51. The zero-order chi connectivity index (χ0) is 15.6. The Balaban J connectivity index is 2.42. The molecule has 0 aliphatic carbocycles. The van der Waals surface area contributed by atoms with E-state index in [4.69, 9.17) is 0 Å². The number of rotatable bonds is 3. The van der Waals surface area contributed by atoms with Crippen LogP contribution in [0.4, 0.5) is 14.5 Å². The molecule has 0 saturated carbocycles. The summed E-state index contributed by atoms with van der Waals surface area (Å²) in [7, 11) is 0. The van der Waals surface area contributed by atoms with E-state index in [1.54, 1.807) is 0 Å². The number of nitro benzene ring substituents is 1. The highest BCUT2D eigenvalue weighted by Crippen LogP contribution is 2.26. The Kier molecular flexibility index (Phi) is 4.46. The predicted molar refractivity (Wildman–Crippen MR) is 68.8 cm³/mol. The molecule has 1 saturated heterocycles. The summed E-state index contributed by atoms with van der Waals surface area (Å²) in [6, 6.07) is 0.484. The van der Waals surface area contributed by atoms with Crippen molar-refractivity contribution in [2.75, 3.05) is 13.2 Å². The number of hydrogen-bond acceptors (Lipinski definition) is 4. The van der Waals surface area contributed by atoms with Crippen LogP contribution in [0.15, 0.2) is 12.1 Å². The van der Waals surface area contributed by atoms with Crippen molar-refractivity contribution in [2.24, 2.45) is 0 Å². The maximum atomic E-state index is 13.3. The number of nitro groups is 1. The van der Waals surface area contributed by atoms with Crippen molar-refractivity contribution in [1.29, 1.82) is 0 Å². The molecule has 1 heterocycles. The molecule has 1 N–H and O–H groups in total. The van der Waals surface area contributed by atoms with Crippen LogP contribution in [-0.4, -0.2) is 40.0 Å². The maximum absolute atomic E-state index is 13.3. The van der Waals surface area contributed by atoms with Crippen LogP contribution < -0.4 is 0 Å². The van der Waals surface area contributed by atoms with E-state index in [1.807, 2.05) is 0 Å². The molecule has 1 aliphatic rings. The highest BCUT2D eigenvalue weighted by Gasteiger charge is 2.32. The number of carbonyl (C=O) groups is 1. The minimum absolute atomic E-state index is 0.275. The fourth-order valence-corrected chi connectivity index (χ4v) is 2.47. The molecule has 114 valence electrons. The van der Waals surface area contributed by atoms with Crippen LogP contribution in [0.1, 0.15) is 29.6 Å². The summed E-state index contributed by atoms with van der Waals surface area (Å²) in [5.74, 6) is -3.46. The number of hydrogen-bond donors (Lipinski definition) is 1. The van der Waals surface area contributed by atoms with Crippen LogP contribution >= 0.6 is 0 Å². The van der Waals surface area contributed by atoms with Gasteiger partial charge in [0.2, 0.25) is 0 Å². The van der Waals surface area contributed by atoms with Gasteiger partial charge in [0.15, 0.2) is 11.6 Å². The number of nitrogens with zero attached hydrogens (tertiary/aromatic N) is 2. The summed E-state index contributed by atoms with van der Waals surface area (Å²) in [6.45, 7) is 0.0451. The molecule has 2 rings (SSSR count). The Hall–Kier alpha value is -2.09. The lowest BCUT2D eigenvalue weighted by molar-refractivity contribution is -0.385. The second-order valence-corrected chi connectivity index (χ2v) is 4.87. The maximum Gasteiger partial charge on any atom is 0.285 e. The topological polar surface area (TPSA) is 83.7 Å². The summed E-state index contributed by atoms with van der Waals surface area (Å²) in [6.07, 6.45) is 2.09. The molecule has 6 nitrogen and oxygen atoms in total. The first-order valence-corrected chi connectivity index (χ1v) is 6.51. The molecule has 1 fully saturated rings. The standard InChI is InChI=1S/C13H14F2N2O4/c14-10-5-9(12(17(20)21)6-11(10)15)13(19)16-4-2-1-3-8(16)7-18/h5-6,8,18H,1-4,7H2. The largest absolute Gasteiger partial charge is 0.394 e. The van der Waals surface area contributed by atoms with E-state index >= 15 is 0 Å². The Morgan fingerprint density at radius 3 is 2.67 bits per heavy atom. The number of benzene rings is 1. The van der Waals surface area contributed by atoms with Gasteiger partial charge >= 0.3 is 0 Å². The number of likely N-dealkylation sites (tertiary alicyclic amines) is 1. The quantitative estimate of drug-likeness (QED) is 0.682.